The van der Waals surface area contributed by atoms with Crippen molar-refractivity contribution < 1.29 is 28.9 Å². The standard InChI is InChI=1S/C22H24Br2FNO5/c1-10(2)14-8-13(9-17(25)20(14)28)31-21-15(23)5-12(6-16(21)24)7-18(27)26-19(11(3)4)22(29)30/h5-6,8-11,19,28H,7H2,1-4H3,(H,26,27)(H,29,30)/t19-/m0/s1. The Morgan fingerprint density at radius 1 is 1.10 bits per heavy atom. The molecule has 0 fully saturated rings. The maximum absolute atomic E-state index is 14.1. The van der Waals surface area contributed by atoms with E-state index < -0.39 is 29.5 Å². The first kappa shape index (κ1) is 25.1. The molecule has 0 aliphatic rings. The number of hydrogen-bond donors (Lipinski definition) is 3. The van der Waals surface area contributed by atoms with Crippen molar-refractivity contribution in [2.24, 2.45) is 5.92 Å². The highest BCUT2D eigenvalue weighted by Crippen LogP contribution is 2.40. The molecular weight excluding hydrogens is 537 g/mol. The number of benzene rings is 2. The quantitative estimate of drug-likeness (QED) is 0.382. The van der Waals surface area contributed by atoms with E-state index in [2.05, 4.69) is 37.2 Å². The molecule has 0 spiro atoms. The van der Waals surface area contributed by atoms with Gasteiger partial charge in [0, 0.05) is 11.6 Å². The second-order valence-corrected chi connectivity index (χ2v) is 9.50. The Hall–Kier alpha value is -2.13. The van der Waals surface area contributed by atoms with Crippen LogP contribution in [0, 0.1) is 11.7 Å². The molecule has 0 aliphatic carbocycles. The van der Waals surface area contributed by atoms with Gasteiger partial charge in [-0.3, -0.25) is 4.79 Å². The van der Waals surface area contributed by atoms with E-state index in [4.69, 9.17) is 4.74 Å². The Morgan fingerprint density at radius 2 is 1.68 bits per heavy atom. The summed E-state index contributed by atoms with van der Waals surface area (Å²) in [6.45, 7) is 7.10. The fourth-order valence-electron chi connectivity index (χ4n) is 2.95. The van der Waals surface area contributed by atoms with Gasteiger partial charge in [0.2, 0.25) is 5.91 Å². The number of rotatable bonds is 8. The van der Waals surface area contributed by atoms with Crippen LogP contribution in [0.25, 0.3) is 0 Å². The number of carbonyl (C=O) groups excluding carboxylic acids is 1. The fourth-order valence-corrected chi connectivity index (χ4v) is 4.39. The van der Waals surface area contributed by atoms with Gasteiger partial charge in [-0.2, -0.15) is 0 Å². The van der Waals surface area contributed by atoms with E-state index in [0.29, 0.717) is 25.8 Å². The smallest absolute Gasteiger partial charge is 0.326 e. The second kappa shape index (κ2) is 10.5. The number of carboxylic acids is 1. The SMILES string of the molecule is CC(C)c1cc(Oc2c(Br)cc(CC(=O)N[C@H](C(=O)O)C(C)C)cc2Br)cc(F)c1O. The van der Waals surface area contributed by atoms with Gasteiger partial charge in [-0.25, -0.2) is 9.18 Å². The molecule has 1 amide bonds. The van der Waals surface area contributed by atoms with Crippen molar-refractivity contribution in [3.8, 4) is 17.2 Å². The number of halogens is 3. The maximum Gasteiger partial charge on any atom is 0.326 e. The van der Waals surface area contributed by atoms with Gasteiger partial charge in [-0.1, -0.05) is 27.7 Å². The summed E-state index contributed by atoms with van der Waals surface area (Å²) in [5.41, 5.74) is 1.05. The number of aromatic hydroxyl groups is 1. The summed E-state index contributed by atoms with van der Waals surface area (Å²) in [7, 11) is 0. The number of aliphatic carboxylic acids is 1. The zero-order chi connectivity index (χ0) is 23.5. The Morgan fingerprint density at radius 3 is 2.16 bits per heavy atom. The number of nitrogens with one attached hydrogen (secondary N) is 1. The molecule has 31 heavy (non-hydrogen) atoms. The summed E-state index contributed by atoms with van der Waals surface area (Å²) in [5, 5.41) is 21.6. The first-order valence-electron chi connectivity index (χ1n) is 9.61. The van der Waals surface area contributed by atoms with Gasteiger partial charge in [0.15, 0.2) is 17.3 Å². The van der Waals surface area contributed by atoms with E-state index in [1.54, 1.807) is 32.0 Å². The molecule has 0 radical (unpaired) electrons. The number of carbonyl (C=O) groups is 2. The molecule has 1 atom stereocenters. The van der Waals surface area contributed by atoms with Crippen LogP contribution in [0.3, 0.4) is 0 Å². The van der Waals surface area contributed by atoms with Crippen LogP contribution in [0.15, 0.2) is 33.2 Å². The minimum atomic E-state index is -1.09. The van der Waals surface area contributed by atoms with Crippen LogP contribution in [0.4, 0.5) is 4.39 Å². The number of ether oxygens (including phenoxy) is 1. The topological polar surface area (TPSA) is 95.9 Å². The number of amides is 1. The minimum Gasteiger partial charge on any atom is -0.505 e. The van der Waals surface area contributed by atoms with E-state index in [9.17, 15) is 24.2 Å². The third-order valence-electron chi connectivity index (χ3n) is 4.58. The largest absolute Gasteiger partial charge is 0.505 e. The van der Waals surface area contributed by atoms with Crippen LogP contribution >= 0.6 is 31.9 Å². The lowest BCUT2D eigenvalue weighted by molar-refractivity contribution is -0.143. The van der Waals surface area contributed by atoms with Gasteiger partial charge >= 0.3 is 5.97 Å². The minimum absolute atomic E-state index is 0.0285. The second-order valence-electron chi connectivity index (χ2n) is 7.79. The summed E-state index contributed by atoms with van der Waals surface area (Å²) < 4.78 is 21.0. The predicted octanol–water partition coefficient (Wildman–Crippen LogP) is 5.74. The molecule has 0 unspecified atom stereocenters. The molecule has 0 heterocycles. The van der Waals surface area contributed by atoms with Crippen LogP contribution in [-0.2, 0) is 16.0 Å². The molecule has 3 N–H and O–H groups in total. The third kappa shape index (κ3) is 6.43. The monoisotopic (exact) mass is 559 g/mol. The fraction of sp³-hybridized carbons (Fsp3) is 0.364. The van der Waals surface area contributed by atoms with E-state index in [1.807, 2.05) is 13.8 Å². The van der Waals surface area contributed by atoms with Crippen LogP contribution in [-0.4, -0.2) is 28.1 Å². The Bertz CT molecular complexity index is 971. The molecule has 0 aromatic heterocycles. The summed E-state index contributed by atoms with van der Waals surface area (Å²) in [6, 6.07) is 5.04. The Labute approximate surface area is 197 Å². The molecule has 9 heteroatoms. The zero-order valence-electron chi connectivity index (χ0n) is 17.5. The highest BCUT2D eigenvalue weighted by molar-refractivity contribution is 9.11. The normalized spacial score (nSPS) is 12.2. The highest BCUT2D eigenvalue weighted by atomic mass is 79.9. The number of phenols is 1. The lowest BCUT2D eigenvalue weighted by Crippen LogP contribution is -2.44. The van der Waals surface area contributed by atoms with Gasteiger partial charge in [0.25, 0.3) is 0 Å². The zero-order valence-corrected chi connectivity index (χ0v) is 20.7. The van der Waals surface area contributed by atoms with Crippen LogP contribution < -0.4 is 10.1 Å². The van der Waals surface area contributed by atoms with E-state index in [1.165, 1.54) is 0 Å². The van der Waals surface area contributed by atoms with E-state index in [-0.39, 0.29) is 24.0 Å². The molecule has 0 saturated carbocycles. The van der Waals surface area contributed by atoms with Crippen molar-refractivity contribution in [1.29, 1.82) is 0 Å². The number of hydrogen-bond acceptors (Lipinski definition) is 4. The van der Waals surface area contributed by atoms with Crippen molar-refractivity contribution in [3.63, 3.8) is 0 Å². The average Bonchev–Trinajstić information content (AvgIpc) is 2.64. The summed E-state index contributed by atoms with van der Waals surface area (Å²) in [4.78, 5) is 23.6. The van der Waals surface area contributed by atoms with Crippen molar-refractivity contribution in [2.45, 2.75) is 46.1 Å². The molecule has 0 saturated heterocycles. The van der Waals surface area contributed by atoms with E-state index >= 15 is 0 Å². The number of carboxylic acid groups (broad SMARTS) is 1. The van der Waals surface area contributed by atoms with E-state index in [0.717, 1.165) is 6.07 Å². The highest BCUT2D eigenvalue weighted by Gasteiger charge is 2.24. The maximum atomic E-state index is 14.1. The van der Waals surface area contributed by atoms with Crippen molar-refractivity contribution in [2.75, 3.05) is 0 Å². The molecular formula is C22H24Br2FNO5. The van der Waals surface area contributed by atoms with Gasteiger partial charge in [0.05, 0.1) is 15.4 Å². The van der Waals surface area contributed by atoms with Gasteiger partial charge in [0.1, 0.15) is 11.8 Å². The molecule has 2 rings (SSSR count). The molecule has 0 bridgehead atoms. The Kier molecular flexibility index (Phi) is 8.48. The molecule has 2 aromatic rings. The predicted molar refractivity (Wildman–Crippen MR) is 122 cm³/mol. The lowest BCUT2D eigenvalue weighted by atomic mass is 10.0. The molecule has 2 aromatic carbocycles. The van der Waals surface area contributed by atoms with Gasteiger partial charge in [-0.15, -0.1) is 0 Å². The summed E-state index contributed by atoms with van der Waals surface area (Å²) in [5.74, 6) is -2.46. The summed E-state index contributed by atoms with van der Waals surface area (Å²) >= 11 is 6.80. The van der Waals surface area contributed by atoms with Crippen molar-refractivity contribution >= 4 is 43.7 Å². The van der Waals surface area contributed by atoms with Crippen LogP contribution in [0.1, 0.15) is 44.7 Å². The van der Waals surface area contributed by atoms with Gasteiger partial charge in [-0.05, 0) is 67.5 Å². The Balaban J connectivity index is 2.23. The van der Waals surface area contributed by atoms with Crippen LogP contribution in [0.2, 0.25) is 0 Å². The first-order chi connectivity index (χ1) is 14.4. The van der Waals surface area contributed by atoms with Crippen molar-refractivity contribution in [3.05, 3.63) is 50.2 Å². The van der Waals surface area contributed by atoms with Crippen LogP contribution in [0.5, 0.6) is 17.2 Å². The molecule has 168 valence electrons. The number of phenolic OH excluding ortho intramolecular Hbond substituents is 1. The van der Waals surface area contributed by atoms with Gasteiger partial charge < -0.3 is 20.3 Å². The molecule has 6 nitrogen and oxygen atoms in total. The molecule has 0 aliphatic heterocycles. The average molecular weight is 561 g/mol. The summed E-state index contributed by atoms with van der Waals surface area (Å²) in [6.07, 6.45) is -0.0285. The first-order valence-corrected chi connectivity index (χ1v) is 11.2. The van der Waals surface area contributed by atoms with Crippen molar-refractivity contribution in [1.82, 2.24) is 5.32 Å². The third-order valence-corrected chi connectivity index (χ3v) is 5.76. The lowest BCUT2D eigenvalue weighted by Gasteiger charge is -2.18.